The van der Waals surface area contributed by atoms with Crippen LogP contribution in [0.4, 0.5) is 0 Å². The molecule has 164 valence electrons. The van der Waals surface area contributed by atoms with Crippen LogP contribution in [0.3, 0.4) is 0 Å². The van der Waals surface area contributed by atoms with Gasteiger partial charge in [-0.15, -0.1) is 0 Å². The van der Waals surface area contributed by atoms with E-state index in [-0.39, 0.29) is 29.0 Å². The van der Waals surface area contributed by atoms with Crippen molar-refractivity contribution in [1.29, 1.82) is 0 Å². The first-order valence-corrected chi connectivity index (χ1v) is 10.9. The molecule has 1 amide bonds. The Labute approximate surface area is 180 Å². The lowest BCUT2D eigenvalue weighted by Gasteiger charge is -2.31. The summed E-state index contributed by atoms with van der Waals surface area (Å²) in [5.74, 6) is -0.561. The van der Waals surface area contributed by atoms with Crippen molar-refractivity contribution in [2.75, 3.05) is 19.7 Å². The molecule has 1 saturated heterocycles. The molecule has 1 atom stereocenters. The van der Waals surface area contributed by atoms with E-state index in [1.54, 1.807) is 27.0 Å². The number of para-hydroxylation sites is 2. The Morgan fingerprint density at radius 3 is 2.65 bits per heavy atom. The standard InChI is InChI=1S/C23H28N4O4/c1-4-31-23(30)16-8-7-11-25(14-16)21(28)17-12-20-22(29)26(13-15(2)3)18-9-5-6-10-19(18)27(20)24-17/h5-6,9-10,12,15-16H,4,7-8,11,13-14H2,1-3H3/t16-/m1/s1. The van der Waals surface area contributed by atoms with Gasteiger partial charge in [0.15, 0.2) is 5.69 Å². The molecule has 0 N–H and O–H groups in total. The molecule has 0 aliphatic carbocycles. The predicted molar refractivity (Wildman–Crippen MR) is 117 cm³/mol. The van der Waals surface area contributed by atoms with E-state index in [0.717, 1.165) is 17.5 Å². The summed E-state index contributed by atoms with van der Waals surface area (Å²) in [7, 11) is 0. The van der Waals surface area contributed by atoms with Crippen LogP contribution in [0.15, 0.2) is 35.1 Å². The minimum absolute atomic E-state index is 0.165. The van der Waals surface area contributed by atoms with Gasteiger partial charge in [-0.2, -0.15) is 5.10 Å². The predicted octanol–water partition coefficient (Wildman–Crippen LogP) is 2.72. The molecule has 4 rings (SSSR count). The van der Waals surface area contributed by atoms with Gasteiger partial charge in [-0.3, -0.25) is 14.4 Å². The molecule has 3 aromatic rings. The summed E-state index contributed by atoms with van der Waals surface area (Å²) in [4.78, 5) is 40.2. The van der Waals surface area contributed by atoms with Gasteiger partial charge < -0.3 is 14.2 Å². The molecule has 0 radical (unpaired) electrons. The van der Waals surface area contributed by atoms with E-state index in [1.165, 1.54) is 0 Å². The number of likely N-dealkylation sites (tertiary alicyclic amines) is 1. The van der Waals surface area contributed by atoms with Crippen LogP contribution in [0.1, 0.15) is 44.1 Å². The minimum Gasteiger partial charge on any atom is -0.466 e. The Balaban J connectivity index is 1.73. The zero-order chi connectivity index (χ0) is 22.1. The zero-order valence-electron chi connectivity index (χ0n) is 18.2. The van der Waals surface area contributed by atoms with Crippen molar-refractivity contribution in [3.05, 3.63) is 46.4 Å². The summed E-state index contributed by atoms with van der Waals surface area (Å²) in [5.41, 5.74) is 1.99. The van der Waals surface area contributed by atoms with E-state index in [1.807, 2.05) is 24.3 Å². The van der Waals surface area contributed by atoms with Crippen LogP contribution in [0.2, 0.25) is 0 Å². The van der Waals surface area contributed by atoms with Crippen LogP contribution in [0.25, 0.3) is 16.6 Å². The smallest absolute Gasteiger partial charge is 0.310 e. The first-order chi connectivity index (χ1) is 14.9. The minimum atomic E-state index is -0.321. The summed E-state index contributed by atoms with van der Waals surface area (Å²) >= 11 is 0. The summed E-state index contributed by atoms with van der Waals surface area (Å²) in [5, 5.41) is 4.50. The van der Waals surface area contributed by atoms with Gasteiger partial charge in [0.2, 0.25) is 0 Å². The van der Waals surface area contributed by atoms with E-state index < -0.39 is 0 Å². The van der Waals surface area contributed by atoms with Crippen LogP contribution in [0, 0.1) is 11.8 Å². The van der Waals surface area contributed by atoms with Crippen molar-refractivity contribution in [2.45, 2.75) is 40.2 Å². The van der Waals surface area contributed by atoms with Crippen LogP contribution in [0.5, 0.6) is 0 Å². The second kappa shape index (κ2) is 8.53. The summed E-state index contributed by atoms with van der Waals surface area (Å²) < 4.78 is 8.45. The van der Waals surface area contributed by atoms with Crippen molar-refractivity contribution in [2.24, 2.45) is 11.8 Å². The normalized spacial score (nSPS) is 16.9. The number of benzene rings is 1. The second-order valence-corrected chi connectivity index (χ2v) is 8.47. The van der Waals surface area contributed by atoms with Gasteiger partial charge in [0, 0.05) is 25.7 Å². The van der Waals surface area contributed by atoms with Crippen molar-refractivity contribution in [1.82, 2.24) is 19.1 Å². The van der Waals surface area contributed by atoms with E-state index in [0.29, 0.717) is 44.1 Å². The molecule has 2 aromatic heterocycles. The third-order valence-electron chi connectivity index (χ3n) is 5.67. The third-order valence-corrected chi connectivity index (χ3v) is 5.67. The molecule has 8 nitrogen and oxygen atoms in total. The van der Waals surface area contributed by atoms with Crippen LogP contribution in [-0.4, -0.2) is 50.7 Å². The quantitative estimate of drug-likeness (QED) is 0.588. The number of carbonyl (C=O) groups excluding carboxylic acids is 2. The number of rotatable bonds is 5. The van der Waals surface area contributed by atoms with Crippen molar-refractivity contribution in [3.63, 3.8) is 0 Å². The fourth-order valence-corrected chi connectivity index (χ4v) is 4.26. The highest BCUT2D eigenvalue weighted by molar-refractivity contribution is 5.94. The lowest BCUT2D eigenvalue weighted by atomic mass is 9.98. The van der Waals surface area contributed by atoms with Crippen molar-refractivity contribution in [3.8, 4) is 0 Å². The molecule has 1 fully saturated rings. The van der Waals surface area contributed by atoms with E-state index in [4.69, 9.17) is 4.74 Å². The average molecular weight is 425 g/mol. The van der Waals surface area contributed by atoms with Crippen molar-refractivity contribution >= 4 is 28.4 Å². The first kappa shape index (κ1) is 21.1. The summed E-state index contributed by atoms with van der Waals surface area (Å²) in [6.45, 7) is 7.67. The molecule has 1 aromatic carbocycles. The third kappa shape index (κ3) is 3.94. The molecule has 0 unspecified atom stereocenters. The molecule has 1 aliphatic heterocycles. The van der Waals surface area contributed by atoms with Gasteiger partial charge in [-0.25, -0.2) is 4.52 Å². The van der Waals surface area contributed by atoms with Gasteiger partial charge in [-0.1, -0.05) is 26.0 Å². The van der Waals surface area contributed by atoms with Gasteiger partial charge in [-0.05, 0) is 37.8 Å². The molecule has 31 heavy (non-hydrogen) atoms. The Morgan fingerprint density at radius 1 is 1.19 bits per heavy atom. The Kier molecular flexibility index (Phi) is 5.80. The largest absolute Gasteiger partial charge is 0.466 e. The number of hydrogen-bond donors (Lipinski definition) is 0. The second-order valence-electron chi connectivity index (χ2n) is 8.47. The highest BCUT2D eigenvalue weighted by Crippen LogP contribution is 2.21. The molecule has 3 heterocycles. The van der Waals surface area contributed by atoms with Gasteiger partial charge in [0.05, 0.1) is 23.6 Å². The fourth-order valence-electron chi connectivity index (χ4n) is 4.26. The topological polar surface area (TPSA) is 85.9 Å². The lowest BCUT2D eigenvalue weighted by Crippen LogP contribution is -2.43. The van der Waals surface area contributed by atoms with Gasteiger partial charge in [0.25, 0.3) is 11.5 Å². The van der Waals surface area contributed by atoms with E-state index in [9.17, 15) is 14.4 Å². The highest BCUT2D eigenvalue weighted by atomic mass is 16.5. The summed E-state index contributed by atoms with van der Waals surface area (Å²) in [6.07, 6.45) is 1.44. The number of amides is 1. The van der Waals surface area contributed by atoms with E-state index in [2.05, 4.69) is 18.9 Å². The number of aromatic nitrogens is 3. The number of nitrogens with zero attached hydrogens (tertiary/aromatic N) is 4. The molecular weight excluding hydrogens is 396 g/mol. The summed E-state index contributed by atoms with van der Waals surface area (Å²) in [6, 6.07) is 9.16. The van der Waals surface area contributed by atoms with Gasteiger partial charge in [0.1, 0.15) is 5.52 Å². The Morgan fingerprint density at radius 2 is 1.94 bits per heavy atom. The number of ether oxygens (including phenoxy) is 1. The molecular formula is C23H28N4O4. The number of carbonyl (C=O) groups is 2. The van der Waals surface area contributed by atoms with Crippen molar-refractivity contribution < 1.29 is 14.3 Å². The molecule has 0 saturated carbocycles. The van der Waals surface area contributed by atoms with E-state index >= 15 is 0 Å². The molecule has 0 bridgehead atoms. The number of hydrogen-bond acceptors (Lipinski definition) is 5. The zero-order valence-corrected chi connectivity index (χ0v) is 18.2. The first-order valence-electron chi connectivity index (χ1n) is 10.9. The fraction of sp³-hybridized carbons (Fsp3) is 0.478. The molecule has 1 aliphatic rings. The molecule has 0 spiro atoms. The van der Waals surface area contributed by atoms with Gasteiger partial charge >= 0.3 is 5.97 Å². The maximum absolute atomic E-state index is 13.2. The van der Waals surface area contributed by atoms with Crippen LogP contribution in [-0.2, 0) is 16.1 Å². The maximum Gasteiger partial charge on any atom is 0.310 e. The SMILES string of the molecule is CCOC(=O)[C@@H]1CCCN(C(=O)c2cc3c(=O)n(CC(C)C)c4ccccc4n3n2)C1. The highest BCUT2D eigenvalue weighted by Gasteiger charge is 2.31. The number of piperidine rings is 1. The molecule has 8 heteroatoms. The Hall–Kier alpha value is -3.16. The lowest BCUT2D eigenvalue weighted by molar-refractivity contribution is -0.149. The average Bonchev–Trinajstić information content (AvgIpc) is 3.22. The maximum atomic E-state index is 13.2. The van der Waals surface area contributed by atoms with Crippen LogP contribution >= 0.6 is 0 Å². The van der Waals surface area contributed by atoms with Crippen LogP contribution < -0.4 is 5.56 Å². The Bertz CT molecular complexity index is 1190. The monoisotopic (exact) mass is 424 g/mol. The number of fused-ring (bicyclic) bond motifs is 3. The number of esters is 1.